The molecule has 2 aromatic rings. The number of carbonyl (C=O) groups excluding carboxylic acids is 1. The minimum absolute atomic E-state index is 0.107. The number of aromatic nitrogens is 3. The molecule has 0 unspecified atom stereocenters. The van der Waals surface area contributed by atoms with Crippen molar-refractivity contribution in [3.8, 4) is 0 Å². The number of benzene rings is 1. The Balaban J connectivity index is 2.17. The summed E-state index contributed by atoms with van der Waals surface area (Å²) in [7, 11) is 1.83. The third-order valence-corrected chi connectivity index (χ3v) is 2.29. The molecule has 0 saturated carbocycles. The third-order valence-electron chi connectivity index (χ3n) is 2.29. The predicted molar refractivity (Wildman–Crippen MR) is 65.8 cm³/mol. The molecule has 6 nitrogen and oxygen atoms in total. The van der Waals surface area contributed by atoms with Crippen LogP contribution in [0.25, 0.3) is 11.0 Å². The van der Waals surface area contributed by atoms with Gasteiger partial charge in [-0.15, -0.1) is 5.10 Å². The van der Waals surface area contributed by atoms with E-state index in [2.05, 4.69) is 20.9 Å². The molecule has 0 saturated heterocycles. The molecular formula is C11H15N5O. The maximum absolute atomic E-state index is 11.5. The lowest BCUT2D eigenvalue weighted by atomic mass is 10.3. The van der Waals surface area contributed by atoms with Gasteiger partial charge in [0.1, 0.15) is 5.52 Å². The standard InChI is InChI=1S/C11H15N5O/c1-7(2)12-11(17)13-8-4-5-10-9(6-8)14-15-16(10)3/h4-7H,1-3H3,(H2,12,13,17). The van der Waals surface area contributed by atoms with Crippen molar-refractivity contribution in [2.75, 3.05) is 5.32 Å². The molecule has 2 N–H and O–H groups in total. The topological polar surface area (TPSA) is 71.8 Å². The minimum Gasteiger partial charge on any atom is -0.336 e. The summed E-state index contributed by atoms with van der Waals surface area (Å²) in [6.07, 6.45) is 0. The number of carbonyl (C=O) groups is 1. The summed E-state index contributed by atoms with van der Waals surface area (Å²) in [6, 6.07) is 5.38. The number of anilines is 1. The van der Waals surface area contributed by atoms with Crippen LogP contribution in [0.4, 0.5) is 10.5 Å². The van der Waals surface area contributed by atoms with E-state index < -0.39 is 0 Å². The largest absolute Gasteiger partial charge is 0.336 e. The second-order valence-electron chi connectivity index (χ2n) is 4.17. The number of urea groups is 1. The summed E-state index contributed by atoms with van der Waals surface area (Å²) in [5.74, 6) is 0. The van der Waals surface area contributed by atoms with Crippen LogP contribution in [0.15, 0.2) is 18.2 Å². The smallest absolute Gasteiger partial charge is 0.319 e. The van der Waals surface area contributed by atoms with Crippen molar-refractivity contribution in [2.24, 2.45) is 7.05 Å². The molecule has 0 aliphatic heterocycles. The highest BCUT2D eigenvalue weighted by molar-refractivity contribution is 5.91. The van der Waals surface area contributed by atoms with E-state index in [1.54, 1.807) is 10.7 Å². The molecule has 0 atom stereocenters. The van der Waals surface area contributed by atoms with E-state index in [0.717, 1.165) is 11.0 Å². The molecule has 0 fully saturated rings. The van der Waals surface area contributed by atoms with Gasteiger partial charge in [0, 0.05) is 18.8 Å². The van der Waals surface area contributed by atoms with Crippen molar-refractivity contribution in [1.29, 1.82) is 0 Å². The van der Waals surface area contributed by atoms with Crippen LogP contribution in [0.2, 0.25) is 0 Å². The average molecular weight is 233 g/mol. The molecule has 0 spiro atoms. The number of fused-ring (bicyclic) bond motifs is 1. The number of hydrogen-bond acceptors (Lipinski definition) is 3. The van der Waals surface area contributed by atoms with Crippen molar-refractivity contribution < 1.29 is 4.79 Å². The second kappa shape index (κ2) is 4.40. The number of amides is 2. The first-order chi connectivity index (χ1) is 8.06. The number of rotatable bonds is 2. The van der Waals surface area contributed by atoms with Gasteiger partial charge in [-0.25, -0.2) is 9.48 Å². The second-order valence-corrected chi connectivity index (χ2v) is 4.17. The molecule has 0 bridgehead atoms. The Labute approximate surface area is 99.0 Å². The zero-order valence-corrected chi connectivity index (χ0v) is 10.1. The number of nitrogens with zero attached hydrogens (tertiary/aromatic N) is 3. The summed E-state index contributed by atoms with van der Waals surface area (Å²) in [5, 5.41) is 13.4. The van der Waals surface area contributed by atoms with Crippen LogP contribution in [0, 0.1) is 0 Å². The van der Waals surface area contributed by atoms with E-state index in [-0.39, 0.29) is 12.1 Å². The first-order valence-electron chi connectivity index (χ1n) is 5.43. The minimum atomic E-state index is -0.219. The van der Waals surface area contributed by atoms with Crippen molar-refractivity contribution in [3.63, 3.8) is 0 Å². The van der Waals surface area contributed by atoms with Gasteiger partial charge < -0.3 is 10.6 Å². The van der Waals surface area contributed by atoms with Crippen LogP contribution in [-0.4, -0.2) is 27.1 Å². The van der Waals surface area contributed by atoms with E-state index in [9.17, 15) is 4.79 Å². The highest BCUT2D eigenvalue weighted by atomic mass is 16.2. The van der Waals surface area contributed by atoms with E-state index in [1.165, 1.54) is 0 Å². The lowest BCUT2D eigenvalue weighted by Gasteiger charge is -2.09. The Hall–Kier alpha value is -2.11. The molecule has 1 aromatic carbocycles. The Kier molecular flexibility index (Phi) is 2.95. The Morgan fingerprint density at radius 2 is 2.18 bits per heavy atom. The molecule has 0 aliphatic rings. The van der Waals surface area contributed by atoms with Gasteiger partial charge in [0.2, 0.25) is 0 Å². The SMILES string of the molecule is CC(C)NC(=O)Nc1ccc2c(c1)nnn2C. The fourth-order valence-corrected chi connectivity index (χ4v) is 1.55. The van der Waals surface area contributed by atoms with Crippen molar-refractivity contribution in [2.45, 2.75) is 19.9 Å². The molecule has 6 heteroatoms. The molecule has 0 radical (unpaired) electrons. The van der Waals surface area contributed by atoms with Gasteiger partial charge in [-0.1, -0.05) is 5.21 Å². The average Bonchev–Trinajstić information content (AvgIpc) is 2.58. The molecule has 2 rings (SSSR count). The monoisotopic (exact) mass is 233 g/mol. The first kappa shape index (κ1) is 11.4. The van der Waals surface area contributed by atoms with Crippen LogP contribution < -0.4 is 10.6 Å². The highest BCUT2D eigenvalue weighted by Crippen LogP contribution is 2.16. The van der Waals surface area contributed by atoms with E-state index in [4.69, 9.17) is 0 Å². The van der Waals surface area contributed by atoms with Crippen LogP contribution in [-0.2, 0) is 7.05 Å². The van der Waals surface area contributed by atoms with E-state index in [0.29, 0.717) is 5.69 Å². The molecular weight excluding hydrogens is 218 g/mol. The normalized spacial score (nSPS) is 10.8. The van der Waals surface area contributed by atoms with Gasteiger partial charge >= 0.3 is 6.03 Å². The Morgan fingerprint density at radius 3 is 2.88 bits per heavy atom. The quantitative estimate of drug-likeness (QED) is 0.825. The molecule has 1 aromatic heterocycles. The van der Waals surface area contributed by atoms with E-state index >= 15 is 0 Å². The van der Waals surface area contributed by atoms with Crippen LogP contribution >= 0.6 is 0 Å². The van der Waals surface area contributed by atoms with Crippen LogP contribution in [0.1, 0.15) is 13.8 Å². The van der Waals surface area contributed by atoms with Gasteiger partial charge in [-0.05, 0) is 32.0 Å². The van der Waals surface area contributed by atoms with E-state index in [1.807, 2.05) is 33.0 Å². The van der Waals surface area contributed by atoms with Gasteiger partial charge in [0.25, 0.3) is 0 Å². The first-order valence-corrected chi connectivity index (χ1v) is 5.43. The fraction of sp³-hybridized carbons (Fsp3) is 0.364. The van der Waals surface area contributed by atoms with Gasteiger partial charge in [-0.3, -0.25) is 0 Å². The molecule has 90 valence electrons. The predicted octanol–water partition coefficient (Wildman–Crippen LogP) is 1.50. The third kappa shape index (κ3) is 2.52. The summed E-state index contributed by atoms with van der Waals surface area (Å²) in [5.41, 5.74) is 2.39. The van der Waals surface area contributed by atoms with Crippen molar-refractivity contribution >= 4 is 22.8 Å². The van der Waals surface area contributed by atoms with Crippen molar-refractivity contribution in [3.05, 3.63) is 18.2 Å². The zero-order chi connectivity index (χ0) is 12.4. The number of hydrogen-bond donors (Lipinski definition) is 2. The van der Waals surface area contributed by atoms with Crippen LogP contribution in [0.5, 0.6) is 0 Å². The maximum Gasteiger partial charge on any atom is 0.319 e. The maximum atomic E-state index is 11.5. The molecule has 0 aliphatic carbocycles. The Bertz CT molecular complexity index is 546. The number of nitrogens with one attached hydrogen (secondary N) is 2. The van der Waals surface area contributed by atoms with Crippen LogP contribution in [0.3, 0.4) is 0 Å². The van der Waals surface area contributed by atoms with Gasteiger partial charge in [0.05, 0.1) is 5.52 Å². The zero-order valence-electron chi connectivity index (χ0n) is 10.1. The Morgan fingerprint density at radius 1 is 1.41 bits per heavy atom. The van der Waals surface area contributed by atoms with Gasteiger partial charge in [0.15, 0.2) is 0 Å². The summed E-state index contributed by atoms with van der Waals surface area (Å²) < 4.78 is 1.69. The molecule has 17 heavy (non-hydrogen) atoms. The summed E-state index contributed by atoms with van der Waals surface area (Å²) >= 11 is 0. The fourth-order valence-electron chi connectivity index (χ4n) is 1.55. The van der Waals surface area contributed by atoms with Gasteiger partial charge in [-0.2, -0.15) is 0 Å². The lowest BCUT2D eigenvalue weighted by molar-refractivity contribution is 0.250. The molecule has 2 amide bonds. The summed E-state index contributed by atoms with van der Waals surface area (Å²) in [4.78, 5) is 11.5. The number of aryl methyl sites for hydroxylation is 1. The van der Waals surface area contributed by atoms with Crippen molar-refractivity contribution in [1.82, 2.24) is 20.3 Å². The highest BCUT2D eigenvalue weighted by Gasteiger charge is 2.06. The lowest BCUT2D eigenvalue weighted by Crippen LogP contribution is -2.34. The molecule has 1 heterocycles. The summed E-state index contributed by atoms with van der Waals surface area (Å²) in [6.45, 7) is 3.82.